The molecular formula is C12H10ClN5O. The van der Waals surface area contributed by atoms with Crippen LogP contribution in [0.5, 0.6) is 0 Å². The average molecular weight is 276 g/mol. The first kappa shape index (κ1) is 11.9. The van der Waals surface area contributed by atoms with Crippen molar-refractivity contribution in [1.29, 1.82) is 0 Å². The third kappa shape index (κ3) is 2.63. The van der Waals surface area contributed by atoms with Gasteiger partial charge < -0.3 is 4.52 Å². The summed E-state index contributed by atoms with van der Waals surface area (Å²) in [6, 6.07) is 9.15. The Morgan fingerprint density at radius 3 is 2.95 bits per heavy atom. The van der Waals surface area contributed by atoms with Crippen LogP contribution in [0.3, 0.4) is 0 Å². The molecule has 0 bridgehead atoms. The number of nitrogens with zero attached hydrogens (tertiary/aromatic N) is 5. The van der Waals surface area contributed by atoms with Crippen molar-refractivity contribution < 1.29 is 4.52 Å². The SMILES string of the molecule is Cc1cc(Cn2nnc(-c3cccc(Cl)c3)n2)on1. The highest BCUT2D eigenvalue weighted by Gasteiger charge is 2.08. The number of halogens is 1. The van der Waals surface area contributed by atoms with Crippen molar-refractivity contribution in [2.45, 2.75) is 13.5 Å². The van der Waals surface area contributed by atoms with Crippen molar-refractivity contribution in [3.05, 3.63) is 46.8 Å². The van der Waals surface area contributed by atoms with Crippen LogP contribution in [0.2, 0.25) is 5.02 Å². The van der Waals surface area contributed by atoms with Crippen LogP contribution < -0.4 is 0 Å². The Hall–Kier alpha value is -2.21. The van der Waals surface area contributed by atoms with Crippen LogP contribution in [0.1, 0.15) is 11.5 Å². The third-order valence-corrected chi connectivity index (χ3v) is 2.74. The van der Waals surface area contributed by atoms with E-state index in [4.69, 9.17) is 16.1 Å². The fraction of sp³-hybridized carbons (Fsp3) is 0.167. The van der Waals surface area contributed by atoms with Crippen molar-refractivity contribution in [1.82, 2.24) is 25.4 Å². The zero-order valence-corrected chi connectivity index (χ0v) is 10.9. The highest BCUT2D eigenvalue weighted by atomic mass is 35.5. The number of rotatable bonds is 3. The zero-order chi connectivity index (χ0) is 13.2. The van der Waals surface area contributed by atoms with Gasteiger partial charge in [0.05, 0.1) is 5.69 Å². The summed E-state index contributed by atoms with van der Waals surface area (Å²) in [6.45, 7) is 2.26. The largest absolute Gasteiger partial charge is 0.359 e. The van der Waals surface area contributed by atoms with Gasteiger partial charge in [0.1, 0.15) is 6.54 Å². The maximum atomic E-state index is 5.93. The molecule has 96 valence electrons. The highest BCUT2D eigenvalue weighted by Crippen LogP contribution is 2.18. The normalized spacial score (nSPS) is 10.8. The molecule has 2 aromatic heterocycles. The van der Waals surface area contributed by atoms with Crippen LogP contribution in [0.15, 0.2) is 34.9 Å². The van der Waals surface area contributed by atoms with E-state index in [9.17, 15) is 0 Å². The lowest BCUT2D eigenvalue weighted by molar-refractivity contribution is 0.359. The fourth-order valence-corrected chi connectivity index (χ4v) is 1.87. The smallest absolute Gasteiger partial charge is 0.204 e. The lowest BCUT2D eigenvalue weighted by Crippen LogP contribution is -2.03. The van der Waals surface area contributed by atoms with Crippen LogP contribution >= 0.6 is 11.6 Å². The summed E-state index contributed by atoms with van der Waals surface area (Å²) >= 11 is 5.93. The summed E-state index contributed by atoms with van der Waals surface area (Å²) in [4.78, 5) is 1.45. The maximum Gasteiger partial charge on any atom is 0.204 e. The average Bonchev–Trinajstić information content (AvgIpc) is 2.99. The van der Waals surface area contributed by atoms with Gasteiger partial charge in [-0.2, -0.15) is 4.80 Å². The number of hydrogen-bond donors (Lipinski definition) is 0. The van der Waals surface area contributed by atoms with E-state index in [-0.39, 0.29) is 0 Å². The molecule has 0 aliphatic carbocycles. The second-order valence-corrected chi connectivity index (χ2v) is 4.52. The number of benzene rings is 1. The maximum absolute atomic E-state index is 5.93. The third-order valence-electron chi connectivity index (χ3n) is 2.51. The van der Waals surface area contributed by atoms with E-state index < -0.39 is 0 Å². The van der Waals surface area contributed by atoms with Crippen LogP contribution in [0.25, 0.3) is 11.4 Å². The molecule has 6 nitrogen and oxygen atoms in total. The van der Waals surface area contributed by atoms with E-state index in [2.05, 4.69) is 20.6 Å². The molecule has 3 rings (SSSR count). The Morgan fingerprint density at radius 1 is 1.32 bits per heavy atom. The monoisotopic (exact) mass is 275 g/mol. The minimum Gasteiger partial charge on any atom is -0.359 e. The molecular weight excluding hydrogens is 266 g/mol. The first-order valence-corrected chi connectivity index (χ1v) is 6.04. The molecule has 0 N–H and O–H groups in total. The summed E-state index contributed by atoms with van der Waals surface area (Å²) in [5.74, 6) is 1.21. The summed E-state index contributed by atoms with van der Waals surface area (Å²) in [6.07, 6.45) is 0. The molecule has 0 unspecified atom stereocenters. The number of tetrazole rings is 1. The lowest BCUT2D eigenvalue weighted by atomic mass is 10.2. The van der Waals surface area contributed by atoms with Gasteiger partial charge in [0.2, 0.25) is 5.82 Å². The molecule has 3 aromatic rings. The van der Waals surface area contributed by atoms with Crippen molar-refractivity contribution >= 4 is 11.6 Å². The molecule has 0 fully saturated rings. The van der Waals surface area contributed by atoms with Gasteiger partial charge in [-0.1, -0.05) is 28.9 Å². The van der Waals surface area contributed by atoms with Gasteiger partial charge in [0.15, 0.2) is 5.76 Å². The second-order valence-electron chi connectivity index (χ2n) is 4.09. The van der Waals surface area contributed by atoms with Gasteiger partial charge in [-0.15, -0.1) is 10.2 Å². The first-order chi connectivity index (χ1) is 9.20. The van der Waals surface area contributed by atoms with Crippen molar-refractivity contribution in [2.75, 3.05) is 0 Å². The van der Waals surface area contributed by atoms with Crippen molar-refractivity contribution in [3.63, 3.8) is 0 Å². The Balaban J connectivity index is 1.83. The minimum atomic E-state index is 0.397. The summed E-state index contributed by atoms with van der Waals surface area (Å²) in [5, 5.41) is 16.7. The van der Waals surface area contributed by atoms with Crippen LogP contribution in [0, 0.1) is 6.92 Å². The molecule has 0 atom stereocenters. The van der Waals surface area contributed by atoms with E-state index in [1.807, 2.05) is 25.1 Å². The van der Waals surface area contributed by atoms with Crippen LogP contribution in [-0.2, 0) is 6.54 Å². The van der Waals surface area contributed by atoms with Gasteiger partial charge in [-0.05, 0) is 24.3 Å². The van der Waals surface area contributed by atoms with E-state index in [0.717, 1.165) is 11.3 Å². The number of aromatic nitrogens is 5. The standard InChI is InChI=1S/C12H10ClN5O/c1-8-5-11(19-16-8)7-18-15-12(14-17-18)9-3-2-4-10(13)6-9/h2-6H,7H2,1H3. The van der Waals surface area contributed by atoms with E-state index >= 15 is 0 Å². The molecule has 0 aliphatic rings. The Bertz CT molecular complexity index is 705. The predicted octanol–water partition coefficient (Wildman–Crippen LogP) is 2.34. The second kappa shape index (κ2) is 4.81. The molecule has 1 aromatic carbocycles. The zero-order valence-electron chi connectivity index (χ0n) is 10.1. The molecule has 0 aliphatic heterocycles. The Kier molecular flexibility index (Phi) is 3.00. The van der Waals surface area contributed by atoms with Crippen molar-refractivity contribution in [2.24, 2.45) is 0 Å². The molecule has 0 saturated heterocycles. The van der Waals surface area contributed by atoms with Crippen LogP contribution in [-0.4, -0.2) is 25.4 Å². The molecule has 19 heavy (non-hydrogen) atoms. The predicted molar refractivity (Wildman–Crippen MR) is 68.6 cm³/mol. The van der Waals surface area contributed by atoms with Gasteiger partial charge in [0, 0.05) is 16.7 Å². The van der Waals surface area contributed by atoms with Crippen LogP contribution in [0.4, 0.5) is 0 Å². The van der Waals surface area contributed by atoms with Gasteiger partial charge >= 0.3 is 0 Å². The molecule has 0 amide bonds. The van der Waals surface area contributed by atoms with E-state index in [1.165, 1.54) is 4.80 Å². The summed E-state index contributed by atoms with van der Waals surface area (Å²) in [7, 11) is 0. The quantitative estimate of drug-likeness (QED) is 0.734. The lowest BCUT2D eigenvalue weighted by Gasteiger charge is -1.95. The number of aryl methyl sites for hydroxylation is 1. The molecule has 0 radical (unpaired) electrons. The van der Waals surface area contributed by atoms with Crippen molar-refractivity contribution in [3.8, 4) is 11.4 Å². The Labute approximate surface area is 114 Å². The summed E-state index contributed by atoms with van der Waals surface area (Å²) in [5.41, 5.74) is 1.65. The van der Waals surface area contributed by atoms with E-state index in [1.54, 1.807) is 12.1 Å². The first-order valence-electron chi connectivity index (χ1n) is 5.66. The minimum absolute atomic E-state index is 0.397. The topological polar surface area (TPSA) is 69.6 Å². The molecule has 0 spiro atoms. The van der Waals surface area contributed by atoms with Gasteiger partial charge in [0.25, 0.3) is 0 Å². The molecule has 7 heteroatoms. The highest BCUT2D eigenvalue weighted by molar-refractivity contribution is 6.30. The fourth-order valence-electron chi connectivity index (χ4n) is 1.68. The summed E-state index contributed by atoms with van der Waals surface area (Å²) < 4.78 is 5.10. The number of hydrogen-bond acceptors (Lipinski definition) is 5. The Morgan fingerprint density at radius 2 is 2.21 bits per heavy atom. The van der Waals surface area contributed by atoms with Gasteiger partial charge in [-0.25, -0.2) is 0 Å². The van der Waals surface area contributed by atoms with E-state index in [0.29, 0.717) is 23.2 Å². The molecule has 2 heterocycles. The molecule has 0 saturated carbocycles. The van der Waals surface area contributed by atoms with Gasteiger partial charge in [-0.3, -0.25) is 0 Å².